The molecule has 0 aliphatic carbocycles. The number of hydrogen-bond donors (Lipinski definition) is 2. The Labute approximate surface area is 113 Å². The fraction of sp³-hybridized carbons (Fsp3) is 0.583. The third kappa shape index (κ3) is 3.53. The summed E-state index contributed by atoms with van der Waals surface area (Å²) < 4.78 is 1.78. The molecule has 0 aliphatic rings. The molecule has 100 valence electrons. The highest BCUT2D eigenvalue weighted by Crippen LogP contribution is 2.16. The summed E-state index contributed by atoms with van der Waals surface area (Å²) in [5, 5.41) is 6.95. The van der Waals surface area contributed by atoms with Crippen LogP contribution in [0.25, 0.3) is 0 Å². The van der Waals surface area contributed by atoms with Crippen LogP contribution in [0, 0.1) is 11.8 Å². The van der Waals surface area contributed by atoms with E-state index in [9.17, 15) is 4.79 Å². The van der Waals surface area contributed by atoms with Gasteiger partial charge in [-0.3, -0.25) is 9.48 Å². The monoisotopic (exact) mass is 268 g/mol. The highest BCUT2D eigenvalue weighted by molar-refractivity contribution is 7.80. The number of aromatic nitrogens is 2. The Morgan fingerprint density at radius 2 is 2.06 bits per heavy atom. The van der Waals surface area contributed by atoms with Crippen LogP contribution in [-0.4, -0.2) is 20.7 Å². The minimum Gasteiger partial charge on any atom is -0.393 e. The fourth-order valence-corrected chi connectivity index (χ4v) is 2.04. The minimum absolute atomic E-state index is 0.0719. The number of carbonyl (C=O) groups excluding carboxylic acids is 1. The largest absolute Gasteiger partial charge is 0.393 e. The van der Waals surface area contributed by atoms with Crippen molar-refractivity contribution >= 4 is 28.8 Å². The van der Waals surface area contributed by atoms with Crippen molar-refractivity contribution in [3.63, 3.8) is 0 Å². The van der Waals surface area contributed by atoms with Gasteiger partial charge in [0.05, 0.1) is 22.8 Å². The summed E-state index contributed by atoms with van der Waals surface area (Å²) in [6.45, 7) is 7.87. The van der Waals surface area contributed by atoms with Crippen LogP contribution in [0.15, 0.2) is 12.4 Å². The summed E-state index contributed by atoms with van der Waals surface area (Å²) in [5.41, 5.74) is 6.26. The predicted octanol–water partition coefficient (Wildman–Crippen LogP) is 1.96. The van der Waals surface area contributed by atoms with E-state index in [0.29, 0.717) is 5.69 Å². The Hall–Kier alpha value is -1.43. The second-order valence-electron chi connectivity index (χ2n) is 4.92. The molecule has 5 nitrogen and oxygen atoms in total. The molecule has 3 N–H and O–H groups in total. The number of carbonyl (C=O) groups is 1. The van der Waals surface area contributed by atoms with E-state index < -0.39 is 5.92 Å². The van der Waals surface area contributed by atoms with E-state index in [1.807, 2.05) is 27.7 Å². The van der Waals surface area contributed by atoms with Crippen molar-refractivity contribution < 1.29 is 4.79 Å². The molecule has 0 saturated heterocycles. The molecule has 1 aromatic heterocycles. The molecule has 1 aromatic rings. The number of rotatable bonds is 5. The van der Waals surface area contributed by atoms with Crippen LogP contribution in [0.5, 0.6) is 0 Å². The smallest absolute Gasteiger partial charge is 0.234 e. The molecule has 1 amide bonds. The second kappa shape index (κ2) is 5.95. The van der Waals surface area contributed by atoms with Gasteiger partial charge in [-0.25, -0.2) is 0 Å². The number of thiocarbonyl (C=S) groups is 1. The fourth-order valence-electron chi connectivity index (χ4n) is 1.67. The Kier molecular flexibility index (Phi) is 4.84. The Bertz CT molecular complexity index is 439. The first-order chi connectivity index (χ1) is 8.32. The highest BCUT2D eigenvalue weighted by atomic mass is 32.1. The molecule has 1 unspecified atom stereocenters. The quantitative estimate of drug-likeness (QED) is 0.801. The van der Waals surface area contributed by atoms with Crippen LogP contribution < -0.4 is 11.1 Å². The molecule has 0 radical (unpaired) electrons. The molecule has 1 rings (SSSR count). The number of anilines is 1. The number of hydrogen-bond acceptors (Lipinski definition) is 3. The van der Waals surface area contributed by atoms with Crippen molar-refractivity contribution in [1.82, 2.24) is 9.78 Å². The molecule has 1 heterocycles. The van der Waals surface area contributed by atoms with Gasteiger partial charge in [-0.1, -0.05) is 26.1 Å². The van der Waals surface area contributed by atoms with Gasteiger partial charge in [0.25, 0.3) is 0 Å². The third-order valence-electron chi connectivity index (χ3n) is 2.65. The topological polar surface area (TPSA) is 72.9 Å². The maximum atomic E-state index is 12.1. The summed E-state index contributed by atoms with van der Waals surface area (Å²) in [5.74, 6) is -0.564. The first kappa shape index (κ1) is 14.6. The standard InChI is InChI=1S/C12H20N4OS/c1-7(2)10(11(13)18)12(17)15-9-5-14-16(6-9)8(3)4/h5-8,10H,1-4H3,(H2,13,18)(H,15,17). The summed E-state index contributed by atoms with van der Waals surface area (Å²) in [4.78, 5) is 12.3. The maximum absolute atomic E-state index is 12.1. The highest BCUT2D eigenvalue weighted by Gasteiger charge is 2.25. The lowest BCUT2D eigenvalue weighted by Gasteiger charge is -2.18. The Morgan fingerprint density at radius 1 is 1.44 bits per heavy atom. The van der Waals surface area contributed by atoms with Crippen LogP contribution in [0.4, 0.5) is 5.69 Å². The SMILES string of the molecule is CC(C)C(C(=O)Nc1cnn(C(C)C)c1)C(N)=S. The number of nitrogens with zero attached hydrogens (tertiary/aromatic N) is 2. The van der Waals surface area contributed by atoms with Gasteiger partial charge in [0.2, 0.25) is 5.91 Å². The molecule has 18 heavy (non-hydrogen) atoms. The van der Waals surface area contributed by atoms with Gasteiger partial charge in [0.1, 0.15) is 0 Å². The zero-order valence-corrected chi connectivity index (χ0v) is 12.0. The van der Waals surface area contributed by atoms with Gasteiger partial charge in [0, 0.05) is 12.2 Å². The lowest BCUT2D eigenvalue weighted by Crippen LogP contribution is -2.36. The van der Waals surface area contributed by atoms with E-state index in [4.69, 9.17) is 18.0 Å². The number of nitrogens with one attached hydrogen (secondary N) is 1. The van der Waals surface area contributed by atoms with Crippen molar-refractivity contribution in [3.8, 4) is 0 Å². The van der Waals surface area contributed by atoms with E-state index in [2.05, 4.69) is 10.4 Å². The molecule has 0 fully saturated rings. The van der Waals surface area contributed by atoms with Crippen LogP contribution in [0.2, 0.25) is 0 Å². The van der Waals surface area contributed by atoms with Gasteiger partial charge < -0.3 is 11.1 Å². The van der Waals surface area contributed by atoms with Crippen LogP contribution in [0.1, 0.15) is 33.7 Å². The molecular formula is C12H20N4OS. The van der Waals surface area contributed by atoms with E-state index in [-0.39, 0.29) is 22.9 Å². The molecular weight excluding hydrogens is 248 g/mol. The summed E-state index contributed by atoms with van der Waals surface area (Å²) in [7, 11) is 0. The van der Waals surface area contributed by atoms with Crippen molar-refractivity contribution in [3.05, 3.63) is 12.4 Å². The van der Waals surface area contributed by atoms with Crippen molar-refractivity contribution in [2.75, 3.05) is 5.32 Å². The second-order valence-corrected chi connectivity index (χ2v) is 5.39. The predicted molar refractivity (Wildman–Crippen MR) is 76.4 cm³/mol. The summed E-state index contributed by atoms with van der Waals surface area (Å²) >= 11 is 4.93. The first-order valence-corrected chi connectivity index (χ1v) is 6.38. The van der Waals surface area contributed by atoms with Gasteiger partial charge >= 0.3 is 0 Å². The molecule has 0 bridgehead atoms. The lowest BCUT2D eigenvalue weighted by molar-refractivity contribution is -0.118. The average Bonchev–Trinajstić information content (AvgIpc) is 2.64. The molecule has 6 heteroatoms. The van der Waals surface area contributed by atoms with Gasteiger partial charge in [-0.15, -0.1) is 0 Å². The zero-order valence-electron chi connectivity index (χ0n) is 11.2. The first-order valence-electron chi connectivity index (χ1n) is 5.97. The Balaban J connectivity index is 2.76. The van der Waals surface area contributed by atoms with E-state index in [1.54, 1.807) is 17.1 Å². The van der Waals surface area contributed by atoms with Gasteiger partial charge in [-0.2, -0.15) is 5.10 Å². The van der Waals surface area contributed by atoms with Crippen LogP contribution >= 0.6 is 12.2 Å². The molecule has 0 saturated carbocycles. The normalized spacial score (nSPS) is 12.8. The molecule has 0 aliphatic heterocycles. The lowest BCUT2D eigenvalue weighted by atomic mass is 9.95. The maximum Gasteiger partial charge on any atom is 0.234 e. The van der Waals surface area contributed by atoms with E-state index in [1.165, 1.54) is 0 Å². The van der Waals surface area contributed by atoms with Gasteiger partial charge in [0.15, 0.2) is 0 Å². The molecule has 1 atom stereocenters. The number of amides is 1. The van der Waals surface area contributed by atoms with Crippen molar-refractivity contribution in [2.45, 2.75) is 33.7 Å². The minimum atomic E-state index is -0.456. The Morgan fingerprint density at radius 3 is 2.44 bits per heavy atom. The molecule has 0 aromatic carbocycles. The summed E-state index contributed by atoms with van der Waals surface area (Å²) in [6, 6.07) is 0.257. The average molecular weight is 268 g/mol. The van der Waals surface area contributed by atoms with Crippen molar-refractivity contribution in [2.24, 2.45) is 17.6 Å². The molecule has 0 spiro atoms. The van der Waals surface area contributed by atoms with E-state index >= 15 is 0 Å². The van der Waals surface area contributed by atoms with Crippen LogP contribution in [-0.2, 0) is 4.79 Å². The van der Waals surface area contributed by atoms with E-state index in [0.717, 1.165) is 0 Å². The zero-order chi connectivity index (χ0) is 13.9. The van der Waals surface area contributed by atoms with Gasteiger partial charge in [-0.05, 0) is 19.8 Å². The van der Waals surface area contributed by atoms with Crippen molar-refractivity contribution in [1.29, 1.82) is 0 Å². The van der Waals surface area contributed by atoms with Crippen LogP contribution in [0.3, 0.4) is 0 Å². The number of nitrogens with two attached hydrogens (primary N) is 1. The summed E-state index contributed by atoms with van der Waals surface area (Å²) in [6.07, 6.45) is 3.41. The third-order valence-corrected chi connectivity index (χ3v) is 2.91.